The number of rotatable bonds is 0. The first kappa shape index (κ1) is 6.70. The van der Waals surface area contributed by atoms with Gasteiger partial charge in [0, 0.05) is 11.5 Å². The predicted molar refractivity (Wildman–Crippen MR) is 44.8 cm³/mol. The molecular formula is C10H13NO. The van der Waals surface area contributed by atoms with Gasteiger partial charge in [-0.05, 0) is 24.2 Å². The van der Waals surface area contributed by atoms with E-state index in [9.17, 15) is 0 Å². The minimum Gasteiger partial charge on any atom is -0.361 e. The van der Waals surface area contributed by atoms with E-state index in [-0.39, 0.29) is 0 Å². The molecule has 64 valence electrons. The third kappa shape index (κ3) is 0.563. The first-order valence-electron chi connectivity index (χ1n) is 4.63. The zero-order chi connectivity index (χ0) is 8.34. The Bertz CT molecular complexity index is 326. The summed E-state index contributed by atoms with van der Waals surface area (Å²) in [4.78, 5) is 0. The van der Waals surface area contributed by atoms with Crippen molar-refractivity contribution in [2.24, 2.45) is 11.3 Å². The smallest absolute Gasteiger partial charge is 0.143 e. The summed E-state index contributed by atoms with van der Waals surface area (Å²) in [5.74, 6) is 2.69. The lowest BCUT2D eigenvalue weighted by atomic mass is 9.49. The van der Waals surface area contributed by atoms with Crippen LogP contribution in [0, 0.1) is 11.3 Å². The van der Waals surface area contributed by atoms with E-state index in [0.717, 1.165) is 5.92 Å². The molecule has 2 nitrogen and oxygen atoms in total. The Hall–Kier alpha value is -0.790. The van der Waals surface area contributed by atoms with Crippen molar-refractivity contribution in [1.29, 1.82) is 0 Å². The van der Waals surface area contributed by atoms with Crippen LogP contribution in [0.2, 0.25) is 0 Å². The van der Waals surface area contributed by atoms with E-state index in [1.807, 2.05) is 6.20 Å². The van der Waals surface area contributed by atoms with E-state index in [1.54, 1.807) is 0 Å². The van der Waals surface area contributed by atoms with Crippen LogP contribution in [0.3, 0.4) is 0 Å². The minimum atomic E-state index is 0.465. The van der Waals surface area contributed by atoms with Crippen molar-refractivity contribution in [3.63, 3.8) is 0 Å². The standard InChI is InChI=1S/C10H13NO/c1-10(2)7-3-6-5-11-12-9(6)8(10)4-7/h5,7-8H,3-4H2,1-2H3/t7-,8-/m0/s1. The highest BCUT2D eigenvalue weighted by Gasteiger charge is 2.54. The Morgan fingerprint density at radius 2 is 2.42 bits per heavy atom. The lowest BCUT2D eigenvalue weighted by Gasteiger charge is -2.54. The van der Waals surface area contributed by atoms with E-state index in [2.05, 4.69) is 19.0 Å². The molecule has 1 heterocycles. The van der Waals surface area contributed by atoms with Gasteiger partial charge in [0.1, 0.15) is 5.76 Å². The van der Waals surface area contributed by atoms with Gasteiger partial charge in [0.15, 0.2) is 0 Å². The van der Waals surface area contributed by atoms with Gasteiger partial charge in [-0.15, -0.1) is 0 Å². The summed E-state index contributed by atoms with van der Waals surface area (Å²) in [7, 11) is 0. The Morgan fingerprint density at radius 3 is 3.17 bits per heavy atom. The average molecular weight is 163 g/mol. The third-order valence-corrected chi connectivity index (χ3v) is 3.93. The Balaban J connectivity index is 2.13. The Kier molecular flexibility index (Phi) is 0.980. The van der Waals surface area contributed by atoms with Gasteiger partial charge in [0.05, 0.1) is 6.20 Å². The molecule has 2 atom stereocenters. The largest absolute Gasteiger partial charge is 0.361 e. The summed E-state index contributed by atoms with van der Waals surface area (Å²) in [6.07, 6.45) is 4.39. The second-order valence-corrected chi connectivity index (χ2v) is 4.73. The van der Waals surface area contributed by atoms with Crippen LogP contribution < -0.4 is 0 Å². The van der Waals surface area contributed by atoms with Gasteiger partial charge in [-0.1, -0.05) is 19.0 Å². The van der Waals surface area contributed by atoms with E-state index in [0.29, 0.717) is 11.3 Å². The molecular weight excluding hydrogens is 150 g/mol. The number of hydrogen-bond donors (Lipinski definition) is 0. The van der Waals surface area contributed by atoms with Crippen molar-refractivity contribution < 1.29 is 4.52 Å². The first-order chi connectivity index (χ1) is 5.69. The van der Waals surface area contributed by atoms with Gasteiger partial charge >= 0.3 is 0 Å². The third-order valence-electron chi connectivity index (χ3n) is 3.93. The molecule has 0 radical (unpaired) electrons. The maximum Gasteiger partial charge on any atom is 0.143 e. The molecule has 2 heteroatoms. The summed E-state index contributed by atoms with van der Waals surface area (Å²) in [6, 6.07) is 0. The molecule has 1 saturated carbocycles. The molecule has 1 fully saturated rings. The topological polar surface area (TPSA) is 26.0 Å². The maximum atomic E-state index is 5.29. The van der Waals surface area contributed by atoms with E-state index in [4.69, 9.17) is 4.52 Å². The number of aromatic nitrogens is 1. The average Bonchev–Trinajstić information content (AvgIpc) is 2.49. The van der Waals surface area contributed by atoms with Gasteiger partial charge in [0.2, 0.25) is 0 Å². The van der Waals surface area contributed by atoms with E-state index < -0.39 is 0 Å². The molecule has 3 aliphatic carbocycles. The van der Waals surface area contributed by atoms with E-state index >= 15 is 0 Å². The molecule has 12 heavy (non-hydrogen) atoms. The van der Waals surface area contributed by atoms with Crippen LogP contribution >= 0.6 is 0 Å². The monoisotopic (exact) mass is 163 g/mol. The fourth-order valence-corrected chi connectivity index (χ4v) is 2.78. The zero-order valence-corrected chi connectivity index (χ0v) is 7.50. The van der Waals surface area contributed by atoms with Crippen molar-refractivity contribution in [2.45, 2.75) is 32.6 Å². The second kappa shape index (κ2) is 1.76. The zero-order valence-electron chi connectivity index (χ0n) is 7.50. The van der Waals surface area contributed by atoms with Crippen LogP contribution in [0.15, 0.2) is 10.7 Å². The number of nitrogens with zero attached hydrogens (tertiary/aromatic N) is 1. The first-order valence-corrected chi connectivity index (χ1v) is 4.63. The Morgan fingerprint density at radius 1 is 1.58 bits per heavy atom. The molecule has 1 aromatic heterocycles. The quantitative estimate of drug-likeness (QED) is 0.586. The Labute approximate surface area is 71.9 Å². The van der Waals surface area contributed by atoms with Crippen LogP contribution in [0.1, 0.15) is 37.5 Å². The SMILES string of the molecule is CC1(C)[C@H]2Cc3cnoc3[C@@H]1C2. The van der Waals surface area contributed by atoms with Crippen LogP contribution in [0.5, 0.6) is 0 Å². The highest BCUT2D eigenvalue weighted by Crippen LogP contribution is 2.61. The highest BCUT2D eigenvalue weighted by atomic mass is 16.5. The molecule has 0 saturated heterocycles. The summed E-state index contributed by atoms with van der Waals surface area (Å²) in [6.45, 7) is 4.69. The fourth-order valence-electron chi connectivity index (χ4n) is 2.78. The van der Waals surface area contributed by atoms with Gasteiger partial charge in [-0.2, -0.15) is 0 Å². The second-order valence-electron chi connectivity index (χ2n) is 4.73. The van der Waals surface area contributed by atoms with Crippen LogP contribution in [-0.2, 0) is 6.42 Å². The molecule has 0 N–H and O–H groups in total. The van der Waals surface area contributed by atoms with Crippen molar-refractivity contribution in [3.8, 4) is 0 Å². The van der Waals surface area contributed by atoms with Crippen molar-refractivity contribution in [1.82, 2.24) is 5.16 Å². The van der Waals surface area contributed by atoms with Crippen LogP contribution in [0.4, 0.5) is 0 Å². The fraction of sp³-hybridized carbons (Fsp3) is 0.700. The molecule has 0 spiro atoms. The van der Waals surface area contributed by atoms with Gasteiger partial charge in [-0.25, -0.2) is 0 Å². The molecule has 0 unspecified atom stereocenters. The highest BCUT2D eigenvalue weighted by molar-refractivity contribution is 5.31. The molecule has 0 amide bonds. The lowest BCUT2D eigenvalue weighted by molar-refractivity contribution is 0.00202. The molecule has 4 rings (SSSR count). The minimum absolute atomic E-state index is 0.465. The van der Waals surface area contributed by atoms with Crippen LogP contribution in [0.25, 0.3) is 0 Å². The van der Waals surface area contributed by atoms with E-state index in [1.165, 1.54) is 24.2 Å². The number of hydrogen-bond acceptors (Lipinski definition) is 2. The summed E-state index contributed by atoms with van der Waals surface area (Å²) in [5.41, 5.74) is 1.82. The van der Waals surface area contributed by atoms with Gasteiger partial charge in [-0.3, -0.25) is 0 Å². The summed E-state index contributed by atoms with van der Waals surface area (Å²) in [5, 5.41) is 3.87. The predicted octanol–water partition coefficient (Wildman–Crippen LogP) is 2.36. The summed E-state index contributed by atoms with van der Waals surface area (Å²) >= 11 is 0. The summed E-state index contributed by atoms with van der Waals surface area (Å²) < 4.78 is 5.29. The van der Waals surface area contributed by atoms with Crippen molar-refractivity contribution >= 4 is 0 Å². The molecule has 2 bridgehead atoms. The maximum absolute atomic E-state index is 5.29. The van der Waals surface area contributed by atoms with Gasteiger partial charge < -0.3 is 4.52 Å². The molecule has 1 aromatic rings. The van der Waals surface area contributed by atoms with Gasteiger partial charge in [0.25, 0.3) is 0 Å². The lowest BCUT2D eigenvalue weighted by Crippen LogP contribution is -2.47. The van der Waals surface area contributed by atoms with Crippen LogP contribution in [-0.4, -0.2) is 5.16 Å². The normalized spacial score (nSPS) is 35.5. The molecule has 0 aliphatic heterocycles. The van der Waals surface area contributed by atoms with Crippen molar-refractivity contribution in [2.75, 3.05) is 0 Å². The van der Waals surface area contributed by atoms with Crippen molar-refractivity contribution in [3.05, 3.63) is 17.5 Å². The molecule has 3 aliphatic rings. The molecule has 0 aromatic carbocycles.